The van der Waals surface area contributed by atoms with Gasteiger partial charge in [0, 0.05) is 18.8 Å². The standard InChI is InChI=1S/C20H25FN4O3S/c1-4-24(5-2)17-12-10-16(11-13-17)14-22-23-20(26)15-25(29(3,27)28)19-9-7-6-8-18(19)21/h6-14H,4-5,15H2,1-3H3,(H,23,26)/b22-14-. The second-order valence-corrected chi connectivity index (χ2v) is 8.18. The highest BCUT2D eigenvalue weighted by atomic mass is 32.2. The Morgan fingerprint density at radius 2 is 1.72 bits per heavy atom. The minimum absolute atomic E-state index is 0.193. The highest BCUT2D eigenvalue weighted by Gasteiger charge is 2.23. The Balaban J connectivity index is 2.03. The lowest BCUT2D eigenvalue weighted by molar-refractivity contribution is -0.119. The molecule has 9 heteroatoms. The molecule has 0 spiro atoms. The van der Waals surface area contributed by atoms with Gasteiger partial charge in [0.25, 0.3) is 5.91 Å². The summed E-state index contributed by atoms with van der Waals surface area (Å²) in [6, 6.07) is 13.0. The molecular formula is C20H25FN4O3S. The maximum Gasteiger partial charge on any atom is 0.260 e. The van der Waals surface area contributed by atoms with Crippen LogP contribution in [0, 0.1) is 5.82 Å². The number of carbonyl (C=O) groups is 1. The third-order valence-electron chi connectivity index (χ3n) is 4.23. The second-order valence-electron chi connectivity index (χ2n) is 6.28. The molecular weight excluding hydrogens is 395 g/mol. The van der Waals surface area contributed by atoms with Gasteiger partial charge in [0.05, 0.1) is 18.2 Å². The van der Waals surface area contributed by atoms with Crippen molar-refractivity contribution in [3.63, 3.8) is 0 Å². The molecule has 2 aromatic rings. The number of rotatable bonds is 9. The van der Waals surface area contributed by atoms with E-state index in [0.29, 0.717) is 4.31 Å². The summed E-state index contributed by atoms with van der Waals surface area (Å²) in [5.41, 5.74) is 3.94. The molecule has 2 rings (SSSR count). The van der Waals surface area contributed by atoms with Crippen LogP contribution in [0.2, 0.25) is 0 Å². The Hall–Kier alpha value is -2.94. The lowest BCUT2D eigenvalue weighted by Gasteiger charge is -2.21. The summed E-state index contributed by atoms with van der Waals surface area (Å²) >= 11 is 0. The number of nitrogens with zero attached hydrogens (tertiary/aromatic N) is 3. The number of hydrogen-bond donors (Lipinski definition) is 1. The number of nitrogens with one attached hydrogen (secondary N) is 1. The van der Waals surface area contributed by atoms with Gasteiger partial charge in [-0.3, -0.25) is 9.10 Å². The Morgan fingerprint density at radius 3 is 2.28 bits per heavy atom. The second kappa shape index (κ2) is 10.0. The molecule has 0 aliphatic rings. The predicted molar refractivity (Wildman–Crippen MR) is 114 cm³/mol. The van der Waals surface area contributed by atoms with Crippen molar-refractivity contribution in [3.05, 3.63) is 59.9 Å². The number of amides is 1. The Bertz CT molecular complexity index is 958. The Morgan fingerprint density at radius 1 is 1.10 bits per heavy atom. The van der Waals surface area contributed by atoms with Gasteiger partial charge in [-0.15, -0.1) is 0 Å². The lowest BCUT2D eigenvalue weighted by Crippen LogP contribution is -2.39. The summed E-state index contributed by atoms with van der Waals surface area (Å²) in [6.07, 6.45) is 2.37. The number of hydrogen-bond acceptors (Lipinski definition) is 5. The summed E-state index contributed by atoms with van der Waals surface area (Å²) in [6.45, 7) is 5.38. The zero-order valence-electron chi connectivity index (χ0n) is 16.7. The summed E-state index contributed by atoms with van der Waals surface area (Å²) in [7, 11) is -3.85. The molecule has 1 amide bonds. The van der Waals surface area contributed by atoms with Gasteiger partial charge in [-0.1, -0.05) is 24.3 Å². The van der Waals surface area contributed by atoms with Crippen LogP contribution in [0.4, 0.5) is 15.8 Å². The van der Waals surface area contributed by atoms with E-state index in [0.717, 1.165) is 36.7 Å². The molecule has 0 heterocycles. The van der Waals surface area contributed by atoms with Gasteiger partial charge in [-0.25, -0.2) is 18.2 Å². The average molecular weight is 421 g/mol. The molecule has 0 unspecified atom stereocenters. The van der Waals surface area contributed by atoms with Gasteiger partial charge >= 0.3 is 0 Å². The van der Waals surface area contributed by atoms with Crippen molar-refractivity contribution in [2.75, 3.05) is 35.1 Å². The summed E-state index contributed by atoms with van der Waals surface area (Å²) in [4.78, 5) is 14.3. The van der Waals surface area contributed by atoms with Crippen LogP contribution in [0.25, 0.3) is 0 Å². The van der Waals surface area contributed by atoms with Gasteiger partial charge in [0.1, 0.15) is 12.4 Å². The quantitative estimate of drug-likeness (QED) is 0.499. The van der Waals surface area contributed by atoms with Crippen molar-refractivity contribution >= 4 is 33.5 Å². The molecule has 0 fully saturated rings. The highest BCUT2D eigenvalue weighted by molar-refractivity contribution is 7.92. The van der Waals surface area contributed by atoms with Crippen LogP contribution in [0.3, 0.4) is 0 Å². The molecule has 29 heavy (non-hydrogen) atoms. The minimum Gasteiger partial charge on any atom is -0.372 e. The number of anilines is 2. The van der Waals surface area contributed by atoms with Crippen molar-refractivity contribution in [3.8, 4) is 0 Å². The first-order valence-electron chi connectivity index (χ1n) is 9.15. The lowest BCUT2D eigenvalue weighted by atomic mass is 10.2. The van der Waals surface area contributed by atoms with Crippen molar-refractivity contribution in [1.82, 2.24) is 5.43 Å². The first-order chi connectivity index (χ1) is 13.8. The smallest absolute Gasteiger partial charge is 0.260 e. The fourth-order valence-corrected chi connectivity index (χ4v) is 3.60. The van der Waals surface area contributed by atoms with Crippen LogP contribution in [-0.4, -0.2) is 46.4 Å². The van der Waals surface area contributed by atoms with Crippen LogP contribution in [0.5, 0.6) is 0 Å². The van der Waals surface area contributed by atoms with E-state index in [1.807, 2.05) is 24.3 Å². The summed E-state index contributed by atoms with van der Waals surface area (Å²) in [5.74, 6) is -1.42. The molecule has 0 aliphatic heterocycles. The van der Waals surface area contributed by atoms with Crippen molar-refractivity contribution in [1.29, 1.82) is 0 Å². The highest BCUT2D eigenvalue weighted by Crippen LogP contribution is 2.21. The monoisotopic (exact) mass is 420 g/mol. The fourth-order valence-electron chi connectivity index (χ4n) is 2.74. The van der Waals surface area contributed by atoms with Crippen LogP contribution in [-0.2, 0) is 14.8 Å². The van der Waals surface area contributed by atoms with E-state index >= 15 is 0 Å². The van der Waals surface area contributed by atoms with E-state index < -0.39 is 28.3 Å². The summed E-state index contributed by atoms with van der Waals surface area (Å²) < 4.78 is 38.6. The number of carbonyl (C=O) groups excluding carboxylic acids is 1. The van der Waals surface area contributed by atoms with E-state index in [-0.39, 0.29) is 5.69 Å². The van der Waals surface area contributed by atoms with Crippen molar-refractivity contribution in [2.45, 2.75) is 13.8 Å². The molecule has 0 radical (unpaired) electrons. The van der Waals surface area contributed by atoms with Gasteiger partial charge in [0.2, 0.25) is 10.0 Å². The first kappa shape index (κ1) is 22.4. The zero-order chi connectivity index (χ0) is 21.4. The van der Waals surface area contributed by atoms with E-state index in [2.05, 4.69) is 29.3 Å². The first-order valence-corrected chi connectivity index (χ1v) is 11.0. The SMILES string of the molecule is CCN(CC)c1ccc(/C=N\NC(=O)CN(c2ccccc2F)S(C)(=O)=O)cc1. The maximum atomic E-state index is 14.0. The van der Waals surface area contributed by atoms with E-state index in [1.165, 1.54) is 24.4 Å². The van der Waals surface area contributed by atoms with Gasteiger partial charge in [-0.05, 0) is 43.7 Å². The van der Waals surface area contributed by atoms with Gasteiger partial charge < -0.3 is 4.90 Å². The molecule has 0 bridgehead atoms. The maximum absolute atomic E-state index is 14.0. The minimum atomic E-state index is -3.85. The van der Waals surface area contributed by atoms with Gasteiger partial charge in [0.15, 0.2) is 0 Å². The van der Waals surface area contributed by atoms with Crippen molar-refractivity contribution in [2.24, 2.45) is 5.10 Å². The largest absolute Gasteiger partial charge is 0.372 e. The van der Waals surface area contributed by atoms with Gasteiger partial charge in [-0.2, -0.15) is 5.10 Å². The third-order valence-corrected chi connectivity index (χ3v) is 5.36. The Kier molecular flexibility index (Phi) is 7.72. The zero-order valence-corrected chi connectivity index (χ0v) is 17.5. The molecule has 2 aromatic carbocycles. The number of benzene rings is 2. The molecule has 1 N–H and O–H groups in total. The molecule has 0 aliphatic carbocycles. The van der Waals surface area contributed by atoms with Crippen molar-refractivity contribution < 1.29 is 17.6 Å². The average Bonchev–Trinajstić information content (AvgIpc) is 2.68. The third kappa shape index (κ3) is 6.28. The van der Waals surface area contributed by atoms with Crippen LogP contribution in [0.1, 0.15) is 19.4 Å². The Labute approximate surface area is 170 Å². The number of halogens is 1. The van der Waals surface area contributed by atoms with Crippen LogP contribution in [0.15, 0.2) is 53.6 Å². The van der Waals surface area contributed by atoms with E-state index in [4.69, 9.17) is 0 Å². The van der Waals surface area contributed by atoms with Crippen LogP contribution >= 0.6 is 0 Å². The molecule has 0 saturated heterocycles. The topological polar surface area (TPSA) is 82.1 Å². The number of hydrazone groups is 1. The molecule has 0 aromatic heterocycles. The normalized spacial score (nSPS) is 11.4. The molecule has 0 atom stereocenters. The number of para-hydroxylation sites is 1. The van der Waals surface area contributed by atoms with Crippen LogP contribution < -0.4 is 14.6 Å². The van der Waals surface area contributed by atoms with E-state index in [1.54, 1.807) is 0 Å². The predicted octanol–water partition coefficient (Wildman–Crippen LogP) is 2.59. The summed E-state index contributed by atoms with van der Waals surface area (Å²) in [5, 5.41) is 3.85. The number of sulfonamides is 1. The molecule has 7 nitrogen and oxygen atoms in total. The molecule has 0 saturated carbocycles. The van der Waals surface area contributed by atoms with E-state index in [9.17, 15) is 17.6 Å². The fraction of sp³-hybridized carbons (Fsp3) is 0.300. The molecule has 156 valence electrons.